The van der Waals surface area contributed by atoms with Gasteiger partial charge in [-0.15, -0.1) is 10.2 Å². The minimum atomic E-state index is -3.80. The van der Waals surface area contributed by atoms with Gasteiger partial charge >= 0.3 is 0 Å². The molecule has 0 saturated heterocycles. The van der Waals surface area contributed by atoms with Crippen LogP contribution in [0.25, 0.3) is 11.5 Å². The predicted octanol–water partition coefficient (Wildman–Crippen LogP) is 3.87. The molecule has 2 heterocycles. The van der Waals surface area contributed by atoms with E-state index in [1.807, 2.05) is 18.2 Å². The summed E-state index contributed by atoms with van der Waals surface area (Å²) < 4.78 is 49.7. The summed E-state index contributed by atoms with van der Waals surface area (Å²) in [5.74, 6) is 2.55. The van der Waals surface area contributed by atoms with Crippen LogP contribution < -0.4 is 18.9 Å². The highest BCUT2D eigenvalue weighted by Gasteiger charge is 2.17. The van der Waals surface area contributed by atoms with Crippen LogP contribution in [0.2, 0.25) is 0 Å². The number of aromatic nitrogens is 2. The summed E-state index contributed by atoms with van der Waals surface area (Å²) in [6.07, 6.45) is 0.422. The third-order valence-corrected chi connectivity index (χ3v) is 6.35. The Balaban J connectivity index is 1.34. The van der Waals surface area contributed by atoms with E-state index in [9.17, 15) is 8.42 Å². The van der Waals surface area contributed by atoms with E-state index in [0.717, 1.165) is 5.56 Å². The van der Waals surface area contributed by atoms with Crippen LogP contribution in [0.1, 0.15) is 11.5 Å². The smallest absolute Gasteiger partial charge is 0.262 e. The van der Waals surface area contributed by atoms with Gasteiger partial charge in [0.1, 0.15) is 5.75 Å². The quantitative estimate of drug-likeness (QED) is 0.438. The molecule has 9 nitrogen and oxygen atoms in total. The number of anilines is 1. The maximum Gasteiger partial charge on any atom is 0.262 e. The average molecular weight is 465 g/mol. The Labute approximate surface area is 190 Å². The molecule has 0 atom stereocenters. The highest BCUT2D eigenvalue weighted by molar-refractivity contribution is 7.92. The number of fused-ring (bicyclic) bond motifs is 1. The first-order chi connectivity index (χ1) is 16.0. The number of sulfonamides is 1. The van der Waals surface area contributed by atoms with Gasteiger partial charge < -0.3 is 18.6 Å². The SMILES string of the molecule is COc1cccc(S(=O)(=O)Nc2cccc(-c3nnc(Cc4ccc5c(c4)OCO5)o3)c2)c1. The second kappa shape index (κ2) is 8.47. The molecule has 33 heavy (non-hydrogen) atoms. The van der Waals surface area contributed by atoms with Gasteiger partial charge in [0.2, 0.25) is 18.6 Å². The molecule has 3 aromatic carbocycles. The Kier molecular flexibility index (Phi) is 5.35. The van der Waals surface area contributed by atoms with Crippen LogP contribution >= 0.6 is 0 Å². The molecule has 1 aliphatic rings. The number of nitrogens with one attached hydrogen (secondary N) is 1. The van der Waals surface area contributed by atoms with E-state index < -0.39 is 10.0 Å². The summed E-state index contributed by atoms with van der Waals surface area (Å²) in [6.45, 7) is 0.210. The van der Waals surface area contributed by atoms with Crippen LogP contribution in [0, 0.1) is 0 Å². The van der Waals surface area contributed by atoms with Crippen molar-refractivity contribution in [1.82, 2.24) is 10.2 Å². The van der Waals surface area contributed by atoms with Gasteiger partial charge in [-0.3, -0.25) is 4.72 Å². The van der Waals surface area contributed by atoms with Gasteiger partial charge in [0.15, 0.2) is 11.5 Å². The summed E-state index contributed by atoms with van der Waals surface area (Å²) >= 11 is 0. The van der Waals surface area contributed by atoms with Crippen LogP contribution in [0.5, 0.6) is 17.2 Å². The zero-order valence-electron chi connectivity index (χ0n) is 17.5. The summed E-state index contributed by atoms with van der Waals surface area (Å²) in [5, 5.41) is 8.22. The molecule has 0 radical (unpaired) electrons. The van der Waals surface area contributed by atoms with E-state index in [4.69, 9.17) is 18.6 Å². The molecule has 1 N–H and O–H groups in total. The predicted molar refractivity (Wildman–Crippen MR) is 119 cm³/mol. The van der Waals surface area contributed by atoms with E-state index in [1.165, 1.54) is 19.2 Å². The van der Waals surface area contributed by atoms with Gasteiger partial charge in [0.25, 0.3) is 10.0 Å². The van der Waals surface area contributed by atoms with E-state index in [-0.39, 0.29) is 17.6 Å². The van der Waals surface area contributed by atoms with Gasteiger partial charge in [-0.2, -0.15) is 0 Å². The number of benzene rings is 3. The molecule has 1 aromatic heterocycles. The van der Waals surface area contributed by atoms with Crippen LogP contribution in [-0.4, -0.2) is 32.5 Å². The fraction of sp³-hybridized carbons (Fsp3) is 0.130. The number of ether oxygens (including phenoxy) is 3. The Hall–Kier alpha value is -4.05. The maximum absolute atomic E-state index is 12.8. The minimum absolute atomic E-state index is 0.0936. The first-order valence-corrected chi connectivity index (χ1v) is 11.5. The fourth-order valence-electron chi connectivity index (χ4n) is 3.37. The molecule has 5 rings (SSSR count). The topological polar surface area (TPSA) is 113 Å². The summed E-state index contributed by atoms with van der Waals surface area (Å²) in [4.78, 5) is 0.0936. The van der Waals surface area contributed by atoms with Gasteiger partial charge in [0, 0.05) is 17.3 Å². The fourth-order valence-corrected chi connectivity index (χ4v) is 4.45. The summed E-state index contributed by atoms with van der Waals surface area (Å²) in [6, 6.07) is 18.6. The molecular formula is C23H19N3O6S. The normalized spacial score (nSPS) is 12.5. The van der Waals surface area contributed by atoms with Crippen molar-refractivity contribution in [3.8, 4) is 28.7 Å². The van der Waals surface area contributed by atoms with Crippen molar-refractivity contribution in [2.45, 2.75) is 11.3 Å². The van der Waals surface area contributed by atoms with Crippen LogP contribution in [0.4, 0.5) is 5.69 Å². The largest absolute Gasteiger partial charge is 0.497 e. The monoisotopic (exact) mass is 465 g/mol. The van der Waals surface area contributed by atoms with E-state index >= 15 is 0 Å². The van der Waals surface area contributed by atoms with Crippen molar-refractivity contribution in [2.75, 3.05) is 18.6 Å². The van der Waals surface area contributed by atoms with E-state index in [0.29, 0.717) is 40.8 Å². The summed E-state index contributed by atoms with van der Waals surface area (Å²) in [7, 11) is -2.32. The Morgan fingerprint density at radius 3 is 2.70 bits per heavy atom. The molecule has 0 saturated carbocycles. The molecule has 0 aliphatic carbocycles. The van der Waals surface area contributed by atoms with Crippen molar-refractivity contribution in [2.24, 2.45) is 0 Å². The molecule has 0 unspecified atom stereocenters. The number of nitrogens with zero attached hydrogens (tertiary/aromatic N) is 2. The highest BCUT2D eigenvalue weighted by Crippen LogP contribution is 2.33. The van der Waals surface area contributed by atoms with Crippen LogP contribution in [0.15, 0.2) is 76.0 Å². The lowest BCUT2D eigenvalue weighted by Crippen LogP contribution is -2.13. The Bertz CT molecular complexity index is 1420. The van der Waals surface area contributed by atoms with Gasteiger partial charge in [-0.05, 0) is 48.0 Å². The van der Waals surface area contributed by atoms with Gasteiger partial charge in [-0.25, -0.2) is 8.42 Å². The molecule has 0 fully saturated rings. The van der Waals surface area contributed by atoms with Gasteiger partial charge in [0.05, 0.1) is 18.4 Å². The lowest BCUT2D eigenvalue weighted by atomic mass is 10.1. The van der Waals surface area contributed by atoms with E-state index in [1.54, 1.807) is 36.4 Å². The van der Waals surface area contributed by atoms with Crippen molar-refractivity contribution in [3.63, 3.8) is 0 Å². The average Bonchev–Trinajstić information content (AvgIpc) is 3.48. The lowest BCUT2D eigenvalue weighted by Gasteiger charge is -2.09. The molecule has 0 spiro atoms. The molecule has 1 aliphatic heterocycles. The summed E-state index contributed by atoms with van der Waals surface area (Å²) in [5.41, 5.74) is 1.89. The molecule has 4 aromatic rings. The number of hydrogen-bond acceptors (Lipinski definition) is 8. The number of rotatable bonds is 7. The van der Waals surface area contributed by atoms with Crippen molar-refractivity contribution >= 4 is 15.7 Å². The molecule has 10 heteroatoms. The van der Waals surface area contributed by atoms with Gasteiger partial charge in [-0.1, -0.05) is 18.2 Å². The Morgan fingerprint density at radius 1 is 0.970 bits per heavy atom. The third kappa shape index (κ3) is 4.46. The first-order valence-electron chi connectivity index (χ1n) is 9.98. The zero-order valence-corrected chi connectivity index (χ0v) is 18.3. The second-order valence-electron chi connectivity index (χ2n) is 7.23. The number of hydrogen-bond donors (Lipinski definition) is 1. The van der Waals surface area contributed by atoms with E-state index in [2.05, 4.69) is 14.9 Å². The Morgan fingerprint density at radius 2 is 1.82 bits per heavy atom. The minimum Gasteiger partial charge on any atom is -0.497 e. The lowest BCUT2D eigenvalue weighted by molar-refractivity contribution is 0.174. The molecular weight excluding hydrogens is 446 g/mol. The maximum atomic E-state index is 12.8. The first kappa shape index (κ1) is 20.8. The standard InChI is InChI=1S/C23H19N3O6S/c1-29-18-6-3-7-19(13-18)33(27,28)26-17-5-2-4-16(12-17)23-25-24-22(32-23)11-15-8-9-20-21(10-15)31-14-30-20/h2-10,12-13,26H,11,14H2,1H3. The molecule has 168 valence electrons. The van der Waals surface area contributed by atoms with Crippen molar-refractivity contribution in [1.29, 1.82) is 0 Å². The second-order valence-corrected chi connectivity index (χ2v) is 8.91. The van der Waals surface area contributed by atoms with Crippen molar-refractivity contribution < 1.29 is 27.0 Å². The molecule has 0 amide bonds. The zero-order chi connectivity index (χ0) is 22.8. The number of methoxy groups -OCH3 is 1. The molecule has 0 bridgehead atoms. The van der Waals surface area contributed by atoms with Crippen LogP contribution in [-0.2, 0) is 16.4 Å². The van der Waals surface area contributed by atoms with Crippen molar-refractivity contribution in [3.05, 3.63) is 78.2 Å². The highest BCUT2D eigenvalue weighted by atomic mass is 32.2. The third-order valence-electron chi connectivity index (χ3n) is 4.97. The van der Waals surface area contributed by atoms with Crippen LogP contribution in [0.3, 0.4) is 0 Å².